The second kappa shape index (κ2) is 7.10. The summed E-state index contributed by atoms with van der Waals surface area (Å²) < 4.78 is 44.0. The first-order chi connectivity index (χ1) is 12.8. The number of halogens is 3. The number of oxime groups is 1. The number of carbonyl (C=O) groups excluding carboxylic acids is 1. The van der Waals surface area contributed by atoms with Crippen LogP contribution in [0.1, 0.15) is 22.8 Å². The van der Waals surface area contributed by atoms with E-state index in [-0.39, 0.29) is 12.1 Å². The Morgan fingerprint density at radius 1 is 1.15 bits per heavy atom. The molecular formula is C18H13F3N2O4. The monoisotopic (exact) mass is 378 g/mol. The number of fused-ring (bicyclic) bond motifs is 1. The molecule has 6 nitrogen and oxygen atoms in total. The van der Waals surface area contributed by atoms with Gasteiger partial charge in [-0.25, -0.2) is 9.59 Å². The van der Waals surface area contributed by atoms with E-state index in [1.165, 1.54) is 11.5 Å². The van der Waals surface area contributed by atoms with Crippen molar-refractivity contribution in [3.05, 3.63) is 70.2 Å². The first-order valence-electron chi connectivity index (χ1n) is 7.76. The Balaban J connectivity index is 1.71. The lowest BCUT2D eigenvalue weighted by atomic mass is 10.1. The molecule has 1 heterocycles. The fourth-order valence-corrected chi connectivity index (χ4v) is 2.39. The van der Waals surface area contributed by atoms with Gasteiger partial charge >= 0.3 is 17.9 Å². The van der Waals surface area contributed by atoms with Crippen LogP contribution < -0.4 is 5.76 Å². The third-order valence-electron chi connectivity index (χ3n) is 3.69. The predicted octanol–water partition coefficient (Wildman–Crippen LogP) is 3.85. The van der Waals surface area contributed by atoms with Crippen LogP contribution in [0.4, 0.5) is 13.2 Å². The van der Waals surface area contributed by atoms with Gasteiger partial charge in [0.2, 0.25) is 0 Å². The van der Waals surface area contributed by atoms with Crippen molar-refractivity contribution in [3.63, 3.8) is 0 Å². The SMILES string of the molecule is C/C(Cn1c(=O)oc2ccccc21)=N\OC(=O)c1ccc(C(F)(F)F)cc1. The fourth-order valence-electron chi connectivity index (χ4n) is 2.39. The van der Waals surface area contributed by atoms with Crippen molar-refractivity contribution in [3.8, 4) is 0 Å². The van der Waals surface area contributed by atoms with E-state index in [4.69, 9.17) is 9.25 Å². The van der Waals surface area contributed by atoms with E-state index >= 15 is 0 Å². The van der Waals surface area contributed by atoms with E-state index in [0.717, 1.165) is 24.3 Å². The number of oxazole rings is 1. The second-order valence-corrected chi connectivity index (χ2v) is 5.70. The summed E-state index contributed by atoms with van der Waals surface area (Å²) in [5.74, 6) is -1.49. The number of nitrogens with zero attached hydrogens (tertiary/aromatic N) is 2. The molecule has 0 radical (unpaired) electrons. The summed E-state index contributed by atoms with van der Waals surface area (Å²) in [5, 5.41) is 3.64. The van der Waals surface area contributed by atoms with Crippen LogP contribution in [0.25, 0.3) is 11.1 Å². The molecule has 0 fully saturated rings. The number of hydrogen-bond donors (Lipinski definition) is 0. The van der Waals surface area contributed by atoms with Gasteiger partial charge in [-0.3, -0.25) is 4.57 Å². The average Bonchev–Trinajstić information content (AvgIpc) is 2.94. The molecule has 9 heteroatoms. The minimum Gasteiger partial charge on any atom is -0.408 e. The Labute approximate surface area is 150 Å². The number of benzene rings is 2. The van der Waals surface area contributed by atoms with Crippen LogP contribution >= 0.6 is 0 Å². The van der Waals surface area contributed by atoms with Crippen LogP contribution in [-0.2, 0) is 17.6 Å². The van der Waals surface area contributed by atoms with Gasteiger partial charge in [0.25, 0.3) is 0 Å². The predicted molar refractivity (Wildman–Crippen MR) is 90.4 cm³/mol. The van der Waals surface area contributed by atoms with Crippen LogP contribution in [0.5, 0.6) is 0 Å². The quantitative estimate of drug-likeness (QED) is 0.393. The number of para-hydroxylation sites is 2. The van der Waals surface area contributed by atoms with Crippen molar-refractivity contribution in [2.45, 2.75) is 19.6 Å². The Bertz CT molecular complexity index is 1060. The van der Waals surface area contributed by atoms with Crippen LogP contribution in [-0.4, -0.2) is 16.2 Å². The molecule has 1 aromatic heterocycles. The zero-order valence-corrected chi connectivity index (χ0v) is 14.0. The molecule has 3 aromatic rings. The lowest BCUT2D eigenvalue weighted by Gasteiger charge is -2.06. The molecule has 0 bridgehead atoms. The zero-order valence-electron chi connectivity index (χ0n) is 14.0. The van der Waals surface area contributed by atoms with E-state index in [0.29, 0.717) is 16.8 Å². The summed E-state index contributed by atoms with van der Waals surface area (Å²) in [6.07, 6.45) is -4.49. The molecule has 0 saturated carbocycles. The average molecular weight is 378 g/mol. The summed E-state index contributed by atoms with van der Waals surface area (Å²) in [6, 6.07) is 10.4. The Kier molecular flexibility index (Phi) is 4.85. The summed E-state index contributed by atoms with van der Waals surface area (Å²) in [5.41, 5.74) is 0.322. The van der Waals surface area contributed by atoms with E-state index in [1.54, 1.807) is 24.3 Å². The van der Waals surface area contributed by atoms with E-state index in [9.17, 15) is 22.8 Å². The number of aromatic nitrogens is 1. The molecule has 0 unspecified atom stereocenters. The zero-order chi connectivity index (χ0) is 19.6. The molecule has 140 valence electrons. The van der Waals surface area contributed by atoms with Gasteiger partial charge in [-0.05, 0) is 43.3 Å². The fraction of sp³-hybridized carbons (Fsp3) is 0.167. The molecule has 3 rings (SSSR count). The topological polar surface area (TPSA) is 73.8 Å². The van der Waals surface area contributed by atoms with Crippen LogP contribution in [0.15, 0.2) is 62.9 Å². The summed E-state index contributed by atoms with van der Waals surface area (Å²) in [7, 11) is 0. The highest BCUT2D eigenvalue weighted by molar-refractivity contribution is 5.90. The maximum Gasteiger partial charge on any atom is 0.420 e. The maximum absolute atomic E-state index is 12.5. The smallest absolute Gasteiger partial charge is 0.408 e. The van der Waals surface area contributed by atoms with Crippen molar-refractivity contribution >= 4 is 22.8 Å². The van der Waals surface area contributed by atoms with Gasteiger partial charge in [-0.2, -0.15) is 13.2 Å². The Hall–Kier alpha value is -3.36. The maximum atomic E-state index is 12.5. The number of rotatable bonds is 4. The lowest BCUT2D eigenvalue weighted by molar-refractivity contribution is -0.137. The minimum absolute atomic E-state index is 0.0239. The van der Waals surface area contributed by atoms with Crippen LogP contribution in [0, 0.1) is 0 Å². The number of carbonyl (C=O) groups is 1. The van der Waals surface area contributed by atoms with E-state index in [2.05, 4.69) is 5.16 Å². The first-order valence-corrected chi connectivity index (χ1v) is 7.76. The highest BCUT2D eigenvalue weighted by Crippen LogP contribution is 2.29. The van der Waals surface area contributed by atoms with Crippen molar-refractivity contribution < 1.29 is 27.2 Å². The highest BCUT2D eigenvalue weighted by Gasteiger charge is 2.30. The molecular weight excluding hydrogens is 365 g/mol. The molecule has 0 aliphatic rings. The summed E-state index contributed by atoms with van der Waals surface area (Å²) in [4.78, 5) is 28.5. The van der Waals surface area contributed by atoms with Crippen molar-refractivity contribution in [2.24, 2.45) is 5.16 Å². The van der Waals surface area contributed by atoms with Crippen LogP contribution in [0.2, 0.25) is 0 Å². The highest BCUT2D eigenvalue weighted by atomic mass is 19.4. The molecule has 0 amide bonds. The molecule has 0 atom stereocenters. The van der Waals surface area contributed by atoms with Gasteiger partial charge in [0.15, 0.2) is 5.58 Å². The Morgan fingerprint density at radius 2 is 1.81 bits per heavy atom. The van der Waals surface area contributed by atoms with Gasteiger partial charge in [0.1, 0.15) is 0 Å². The van der Waals surface area contributed by atoms with Gasteiger partial charge in [-0.15, -0.1) is 0 Å². The number of hydrogen-bond acceptors (Lipinski definition) is 5. The molecule has 0 aliphatic carbocycles. The molecule has 27 heavy (non-hydrogen) atoms. The molecule has 0 saturated heterocycles. The molecule has 0 spiro atoms. The number of alkyl halides is 3. The Morgan fingerprint density at radius 3 is 2.48 bits per heavy atom. The van der Waals surface area contributed by atoms with E-state index < -0.39 is 23.5 Å². The van der Waals surface area contributed by atoms with E-state index in [1.807, 2.05) is 0 Å². The first kappa shape index (κ1) is 18.4. The minimum atomic E-state index is -4.49. The largest absolute Gasteiger partial charge is 0.420 e. The summed E-state index contributed by atoms with van der Waals surface area (Å²) in [6.45, 7) is 1.56. The normalized spacial score (nSPS) is 12.4. The van der Waals surface area contributed by atoms with Crippen molar-refractivity contribution in [1.82, 2.24) is 4.57 Å². The molecule has 2 aromatic carbocycles. The lowest BCUT2D eigenvalue weighted by Crippen LogP contribution is -2.19. The second-order valence-electron chi connectivity index (χ2n) is 5.70. The van der Waals surface area contributed by atoms with Gasteiger partial charge in [0.05, 0.1) is 28.9 Å². The van der Waals surface area contributed by atoms with Crippen LogP contribution in [0.3, 0.4) is 0 Å². The third kappa shape index (κ3) is 4.08. The van der Waals surface area contributed by atoms with Crippen molar-refractivity contribution in [1.29, 1.82) is 0 Å². The third-order valence-corrected chi connectivity index (χ3v) is 3.69. The van der Waals surface area contributed by atoms with Gasteiger partial charge in [0, 0.05) is 0 Å². The van der Waals surface area contributed by atoms with Gasteiger partial charge < -0.3 is 9.25 Å². The standard InChI is InChI=1S/C18H13F3N2O4/c1-11(10-23-14-4-2-3-5-15(14)26-17(23)25)22-27-16(24)12-6-8-13(9-7-12)18(19,20)21/h2-9H,10H2,1H3/b22-11+. The molecule has 0 N–H and O–H groups in total. The molecule has 0 aliphatic heterocycles. The van der Waals surface area contributed by atoms with Crippen molar-refractivity contribution in [2.75, 3.05) is 0 Å². The van der Waals surface area contributed by atoms with Gasteiger partial charge in [-0.1, -0.05) is 17.3 Å². The summed E-state index contributed by atoms with van der Waals surface area (Å²) >= 11 is 0.